The molecular weight excluding hydrogens is 412 g/mol. The summed E-state index contributed by atoms with van der Waals surface area (Å²) in [6, 6.07) is 12.3. The second-order valence-electron chi connectivity index (χ2n) is 3.94. The largest absolute Gasteiger partial charge is 0.275 e. The molecule has 104 valence electrons. The van der Waals surface area contributed by atoms with Gasteiger partial charge in [-0.3, -0.25) is 9.63 Å². The SMILES string of the molecule is O=C(NOCc1ccc(Cl)cc1Cl)c1ccccc1I. The Labute approximate surface area is 140 Å². The summed E-state index contributed by atoms with van der Waals surface area (Å²) in [5.41, 5.74) is 3.71. The van der Waals surface area contributed by atoms with Gasteiger partial charge < -0.3 is 0 Å². The van der Waals surface area contributed by atoms with Crippen molar-refractivity contribution in [1.82, 2.24) is 5.48 Å². The summed E-state index contributed by atoms with van der Waals surface area (Å²) in [5.74, 6) is -0.292. The molecule has 0 radical (unpaired) electrons. The Balaban J connectivity index is 1.93. The summed E-state index contributed by atoms with van der Waals surface area (Å²) >= 11 is 13.9. The van der Waals surface area contributed by atoms with E-state index >= 15 is 0 Å². The Hall–Kier alpha value is -0.820. The second kappa shape index (κ2) is 7.26. The van der Waals surface area contributed by atoms with Crippen LogP contribution in [0.5, 0.6) is 0 Å². The van der Waals surface area contributed by atoms with Crippen molar-refractivity contribution >= 4 is 51.7 Å². The molecule has 2 aromatic carbocycles. The first-order valence-corrected chi connectivity index (χ1v) is 7.52. The number of hydrogen-bond donors (Lipinski definition) is 1. The van der Waals surface area contributed by atoms with Crippen LogP contribution in [0.2, 0.25) is 10.0 Å². The highest BCUT2D eigenvalue weighted by atomic mass is 127. The summed E-state index contributed by atoms with van der Waals surface area (Å²) in [7, 11) is 0. The van der Waals surface area contributed by atoms with E-state index in [1.807, 2.05) is 12.1 Å². The predicted octanol–water partition coefficient (Wildman–Crippen LogP) is 4.46. The molecule has 0 aromatic heterocycles. The number of amides is 1. The van der Waals surface area contributed by atoms with E-state index in [9.17, 15) is 4.79 Å². The second-order valence-corrected chi connectivity index (χ2v) is 5.94. The maximum absolute atomic E-state index is 11.9. The molecule has 0 aliphatic carbocycles. The van der Waals surface area contributed by atoms with Gasteiger partial charge in [-0.1, -0.05) is 41.4 Å². The van der Waals surface area contributed by atoms with Gasteiger partial charge in [0.05, 0.1) is 5.56 Å². The van der Waals surface area contributed by atoms with Crippen molar-refractivity contribution in [3.63, 3.8) is 0 Å². The Morgan fingerprint density at radius 3 is 2.65 bits per heavy atom. The molecule has 1 N–H and O–H groups in total. The van der Waals surface area contributed by atoms with E-state index in [1.54, 1.807) is 30.3 Å². The van der Waals surface area contributed by atoms with E-state index in [0.717, 1.165) is 9.13 Å². The lowest BCUT2D eigenvalue weighted by Gasteiger charge is -2.08. The number of carbonyl (C=O) groups is 1. The van der Waals surface area contributed by atoms with Crippen LogP contribution in [-0.2, 0) is 11.4 Å². The number of rotatable bonds is 4. The molecule has 6 heteroatoms. The minimum atomic E-state index is -0.292. The van der Waals surface area contributed by atoms with Crippen LogP contribution in [0.4, 0.5) is 0 Å². The normalized spacial score (nSPS) is 10.3. The summed E-state index contributed by atoms with van der Waals surface area (Å²) in [4.78, 5) is 17.1. The molecule has 3 nitrogen and oxygen atoms in total. The first kappa shape index (κ1) is 15.6. The Bertz CT molecular complexity index is 634. The molecule has 0 spiro atoms. The average Bonchev–Trinajstić information content (AvgIpc) is 2.41. The van der Waals surface area contributed by atoms with Gasteiger partial charge in [0.15, 0.2) is 0 Å². The van der Waals surface area contributed by atoms with Gasteiger partial charge in [-0.15, -0.1) is 0 Å². The van der Waals surface area contributed by atoms with Crippen molar-refractivity contribution in [3.8, 4) is 0 Å². The van der Waals surface area contributed by atoms with E-state index in [4.69, 9.17) is 28.0 Å². The van der Waals surface area contributed by atoms with Crippen molar-refractivity contribution in [2.45, 2.75) is 6.61 Å². The third kappa shape index (κ3) is 4.09. The van der Waals surface area contributed by atoms with Crippen molar-refractivity contribution < 1.29 is 9.63 Å². The number of hydrogen-bond acceptors (Lipinski definition) is 2. The van der Waals surface area contributed by atoms with Gasteiger partial charge in [0, 0.05) is 13.6 Å². The van der Waals surface area contributed by atoms with E-state index in [2.05, 4.69) is 28.1 Å². The lowest BCUT2D eigenvalue weighted by Crippen LogP contribution is -2.24. The number of carbonyl (C=O) groups excluding carboxylic acids is 1. The Morgan fingerprint density at radius 1 is 1.20 bits per heavy atom. The lowest BCUT2D eigenvalue weighted by molar-refractivity contribution is 0.0233. The van der Waals surface area contributed by atoms with Crippen LogP contribution in [0.3, 0.4) is 0 Å². The van der Waals surface area contributed by atoms with Crippen LogP contribution in [0.25, 0.3) is 0 Å². The minimum Gasteiger partial charge on any atom is -0.269 e. The minimum absolute atomic E-state index is 0.172. The molecule has 2 rings (SSSR count). The molecule has 0 unspecified atom stereocenters. The monoisotopic (exact) mass is 421 g/mol. The zero-order valence-electron chi connectivity index (χ0n) is 10.2. The topological polar surface area (TPSA) is 38.3 Å². The molecule has 0 atom stereocenters. The van der Waals surface area contributed by atoms with Gasteiger partial charge in [0.25, 0.3) is 5.91 Å². The highest BCUT2D eigenvalue weighted by Gasteiger charge is 2.09. The van der Waals surface area contributed by atoms with Gasteiger partial charge in [-0.05, 0) is 52.4 Å². The molecule has 0 saturated carbocycles. The van der Waals surface area contributed by atoms with Crippen LogP contribution in [0, 0.1) is 3.57 Å². The third-order valence-corrected chi connectivity index (χ3v) is 4.05. The third-order valence-electron chi connectivity index (χ3n) is 2.53. The summed E-state index contributed by atoms with van der Waals surface area (Å²) in [6.07, 6.45) is 0. The van der Waals surface area contributed by atoms with Crippen LogP contribution in [0.1, 0.15) is 15.9 Å². The Morgan fingerprint density at radius 2 is 1.95 bits per heavy atom. The summed E-state index contributed by atoms with van der Waals surface area (Å²) in [6.45, 7) is 0.172. The predicted molar refractivity (Wildman–Crippen MR) is 87.9 cm³/mol. The van der Waals surface area contributed by atoms with Crippen molar-refractivity contribution in [3.05, 3.63) is 67.2 Å². The van der Waals surface area contributed by atoms with Crippen molar-refractivity contribution in [2.24, 2.45) is 0 Å². The van der Waals surface area contributed by atoms with Crippen molar-refractivity contribution in [1.29, 1.82) is 0 Å². The van der Waals surface area contributed by atoms with Crippen LogP contribution < -0.4 is 5.48 Å². The lowest BCUT2D eigenvalue weighted by atomic mass is 10.2. The van der Waals surface area contributed by atoms with Crippen LogP contribution >= 0.6 is 45.8 Å². The standard InChI is InChI=1S/C14H10Cl2INO2/c15-10-6-5-9(12(16)7-10)8-20-18-14(19)11-3-1-2-4-13(11)17/h1-7H,8H2,(H,18,19). The molecule has 20 heavy (non-hydrogen) atoms. The van der Waals surface area contributed by atoms with Gasteiger partial charge in [0.2, 0.25) is 0 Å². The summed E-state index contributed by atoms with van der Waals surface area (Å²) < 4.78 is 0.857. The highest BCUT2D eigenvalue weighted by Crippen LogP contribution is 2.21. The quantitative estimate of drug-likeness (QED) is 0.584. The maximum atomic E-state index is 11.9. The van der Waals surface area contributed by atoms with E-state index < -0.39 is 0 Å². The molecule has 0 aliphatic rings. The van der Waals surface area contributed by atoms with Crippen LogP contribution in [0.15, 0.2) is 42.5 Å². The maximum Gasteiger partial charge on any atom is 0.275 e. The van der Waals surface area contributed by atoms with Gasteiger partial charge >= 0.3 is 0 Å². The zero-order chi connectivity index (χ0) is 14.5. The first-order valence-electron chi connectivity index (χ1n) is 5.68. The molecule has 0 fully saturated rings. The molecule has 1 amide bonds. The van der Waals surface area contributed by atoms with Gasteiger partial charge in [-0.2, -0.15) is 0 Å². The molecule has 0 bridgehead atoms. The smallest absolute Gasteiger partial charge is 0.269 e. The zero-order valence-corrected chi connectivity index (χ0v) is 13.9. The fourth-order valence-electron chi connectivity index (χ4n) is 1.52. The van der Waals surface area contributed by atoms with Crippen LogP contribution in [-0.4, -0.2) is 5.91 Å². The fourth-order valence-corrected chi connectivity index (χ4v) is 2.61. The molecule has 0 saturated heterocycles. The first-order chi connectivity index (χ1) is 9.58. The number of halogens is 3. The molecule has 0 aliphatic heterocycles. The van der Waals surface area contributed by atoms with E-state index in [-0.39, 0.29) is 12.5 Å². The highest BCUT2D eigenvalue weighted by molar-refractivity contribution is 14.1. The molecular formula is C14H10Cl2INO2. The average molecular weight is 422 g/mol. The van der Waals surface area contributed by atoms with Gasteiger partial charge in [0.1, 0.15) is 6.61 Å². The molecule has 2 aromatic rings. The summed E-state index contributed by atoms with van der Waals surface area (Å²) in [5, 5.41) is 1.06. The molecule has 0 heterocycles. The number of benzene rings is 2. The Kier molecular flexibility index (Phi) is 5.65. The van der Waals surface area contributed by atoms with Gasteiger partial charge in [-0.25, -0.2) is 5.48 Å². The van der Waals surface area contributed by atoms with E-state index in [1.165, 1.54) is 0 Å². The van der Waals surface area contributed by atoms with E-state index in [0.29, 0.717) is 15.6 Å². The fraction of sp³-hybridized carbons (Fsp3) is 0.0714. The number of nitrogens with one attached hydrogen (secondary N) is 1. The number of hydroxylamine groups is 1. The van der Waals surface area contributed by atoms with Crippen molar-refractivity contribution in [2.75, 3.05) is 0 Å².